The fourth-order valence-electron chi connectivity index (χ4n) is 1.66. The van der Waals surface area contributed by atoms with E-state index in [1.807, 2.05) is 12.1 Å². The van der Waals surface area contributed by atoms with Crippen molar-refractivity contribution in [2.24, 2.45) is 0 Å². The van der Waals surface area contributed by atoms with E-state index in [0.717, 1.165) is 13.6 Å². The Morgan fingerprint density at radius 1 is 1.17 bits per heavy atom. The van der Waals surface area contributed by atoms with Gasteiger partial charge in [0.1, 0.15) is 5.82 Å². The number of rotatable bonds is 2. The Bertz CT molecular complexity index is 572. The number of aryl methyl sites for hydroxylation is 1. The van der Waals surface area contributed by atoms with Crippen LogP contribution in [0.15, 0.2) is 40.9 Å². The number of ketones is 1. The molecule has 0 N–H and O–H groups in total. The van der Waals surface area contributed by atoms with Crippen LogP contribution in [0.2, 0.25) is 0 Å². The van der Waals surface area contributed by atoms with Crippen LogP contribution in [-0.2, 0) is 0 Å². The number of hydrogen-bond acceptors (Lipinski definition) is 1. The molecule has 0 aliphatic carbocycles. The number of hydrogen-bond donors (Lipinski definition) is 0. The van der Waals surface area contributed by atoms with Gasteiger partial charge in [-0.2, -0.15) is 0 Å². The highest BCUT2D eigenvalue weighted by Crippen LogP contribution is 2.23. The number of benzene rings is 2. The topological polar surface area (TPSA) is 17.1 Å². The van der Waals surface area contributed by atoms with Crippen molar-refractivity contribution < 1.29 is 9.18 Å². The highest BCUT2D eigenvalue weighted by molar-refractivity contribution is 14.1. The lowest BCUT2D eigenvalue weighted by molar-refractivity contribution is 0.103. The first-order valence-corrected chi connectivity index (χ1v) is 7.12. The van der Waals surface area contributed by atoms with E-state index in [0.29, 0.717) is 11.1 Å². The molecule has 1 nitrogen and oxygen atoms in total. The molecule has 92 valence electrons. The lowest BCUT2D eigenvalue weighted by Gasteiger charge is -2.07. The molecule has 0 aliphatic heterocycles. The fraction of sp³-hybridized carbons (Fsp3) is 0.0714. The number of halogens is 3. The van der Waals surface area contributed by atoms with Gasteiger partial charge >= 0.3 is 0 Å². The molecule has 0 spiro atoms. The van der Waals surface area contributed by atoms with Crippen molar-refractivity contribution in [2.45, 2.75) is 6.92 Å². The molecule has 0 heterocycles. The van der Waals surface area contributed by atoms with Crippen molar-refractivity contribution in [3.05, 3.63) is 66.9 Å². The van der Waals surface area contributed by atoms with E-state index in [-0.39, 0.29) is 5.78 Å². The summed E-state index contributed by atoms with van der Waals surface area (Å²) < 4.78 is 14.9. The molecule has 18 heavy (non-hydrogen) atoms. The van der Waals surface area contributed by atoms with E-state index in [1.54, 1.807) is 19.1 Å². The minimum absolute atomic E-state index is 0.155. The van der Waals surface area contributed by atoms with Crippen LogP contribution in [0.3, 0.4) is 0 Å². The monoisotopic (exact) mass is 418 g/mol. The van der Waals surface area contributed by atoms with Crippen LogP contribution in [0.25, 0.3) is 0 Å². The SMILES string of the molecule is Cc1ccc(F)cc1C(=O)c1cc(Br)ccc1I. The molecule has 4 heteroatoms. The van der Waals surface area contributed by atoms with Crippen LogP contribution < -0.4 is 0 Å². The second kappa shape index (κ2) is 5.48. The van der Waals surface area contributed by atoms with E-state index in [9.17, 15) is 9.18 Å². The summed E-state index contributed by atoms with van der Waals surface area (Å²) >= 11 is 5.44. The smallest absolute Gasteiger partial charge is 0.194 e. The molecule has 2 rings (SSSR count). The molecule has 0 aliphatic rings. The second-order valence-corrected chi connectivity index (χ2v) is 5.99. The summed E-state index contributed by atoms with van der Waals surface area (Å²) in [5.74, 6) is -0.549. The zero-order valence-electron chi connectivity index (χ0n) is 9.51. The highest BCUT2D eigenvalue weighted by atomic mass is 127. The van der Waals surface area contributed by atoms with Gasteiger partial charge in [0.15, 0.2) is 5.78 Å². The van der Waals surface area contributed by atoms with E-state index in [2.05, 4.69) is 38.5 Å². The van der Waals surface area contributed by atoms with E-state index >= 15 is 0 Å². The van der Waals surface area contributed by atoms with Crippen molar-refractivity contribution in [3.63, 3.8) is 0 Å². The lowest BCUT2D eigenvalue weighted by Crippen LogP contribution is -2.06. The average molecular weight is 419 g/mol. The molecule has 0 atom stereocenters. The van der Waals surface area contributed by atoms with Gasteiger partial charge in [-0.25, -0.2) is 4.39 Å². The van der Waals surface area contributed by atoms with Gasteiger partial charge in [-0.1, -0.05) is 22.0 Å². The first kappa shape index (κ1) is 13.7. The molecule has 0 aromatic heterocycles. The fourth-order valence-corrected chi connectivity index (χ4v) is 2.60. The Hall–Kier alpha value is -0.750. The third kappa shape index (κ3) is 2.80. The molecule has 0 radical (unpaired) electrons. The van der Waals surface area contributed by atoms with Crippen molar-refractivity contribution in [2.75, 3.05) is 0 Å². The van der Waals surface area contributed by atoms with Crippen LogP contribution in [-0.4, -0.2) is 5.78 Å². The Balaban J connectivity index is 2.54. The third-order valence-electron chi connectivity index (χ3n) is 2.62. The molecule has 2 aromatic carbocycles. The summed E-state index contributed by atoms with van der Waals surface area (Å²) in [7, 11) is 0. The molecule has 0 fully saturated rings. The van der Waals surface area contributed by atoms with E-state index < -0.39 is 5.82 Å². The van der Waals surface area contributed by atoms with Crippen LogP contribution in [0, 0.1) is 16.3 Å². The Morgan fingerprint density at radius 2 is 1.89 bits per heavy atom. The maximum absolute atomic E-state index is 13.2. The zero-order chi connectivity index (χ0) is 13.3. The molecule has 0 saturated heterocycles. The first-order valence-electron chi connectivity index (χ1n) is 5.25. The van der Waals surface area contributed by atoms with Gasteiger partial charge < -0.3 is 0 Å². The van der Waals surface area contributed by atoms with Crippen LogP contribution in [0.1, 0.15) is 21.5 Å². The minimum Gasteiger partial charge on any atom is -0.289 e. The highest BCUT2D eigenvalue weighted by Gasteiger charge is 2.15. The van der Waals surface area contributed by atoms with E-state index in [1.165, 1.54) is 12.1 Å². The van der Waals surface area contributed by atoms with Gasteiger partial charge in [0.05, 0.1) is 0 Å². The predicted molar refractivity (Wildman–Crippen MR) is 81.4 cm³/mol. The van der Waals surface area contributed by atoms with Gasteiger partial charge in [0, 0.05) is 19.2 Å². The Morgan fingerprint density at radius 3 is 2.61 bits per heavy atom. The van der Waals surface area contributed by atoms with Crippen LogP contribution in [0.5, 0.6) is 0 Å². The van der Waals surface area contributed by atoms with Gasteiger partial charge in [0.25, 0.3) is 0 Å². The first-order chi connectivity index (χ1) is 8.49. The standard InChI is InChI=1S/C14H9BrFIO/c1-8-2-4-10(16)7-11(8)14(18)12-6-9(15)3-5-13(12)17/h2-7H,1H3. The summed E-state index contributed by atoms with van der Waals surface area (Å²) in [5, 5.41) is 0. The second-order valence-electron chi connectivity index (χ2n) is 3.91. The summed E-state index contributed by atoms with van der Waals surface area (Å²) in [6.45, 7) is 1.80. The van der Waals surface area contributed by atoms with Crippen LogP contribution in [0.4, 0.5) is 4.39 Å². The van der Waals surface area contributed by atoms with Crippen molar-refractivity contribution >= 4 is 44.3 Å². The average Bonchev–Trinajstić information content (AvgIpc) is 2.34. The quantitative estimate of drug-likeness (QED) is 0.508. The van der Waals surface area contributed by atoms with Crippen molar-refractivity contribution in [1.82, 2.24) is 0 Å². The molecule has 0 unspecified atom stereocenters. The molecule has 0 saturated carbocycles. The normalized spacial score (nSPS) is 10.4. The predicted octanol–water partition coefficient (Wildman–Crippen LogP) is 4.73. The summed E-state index contributed by atoms with van der Waals surface area (Å²) in [6, 6.07) is 9.75. The largest absolute Gasteiger partial charge is 0.289 e. The summed E-state index contributed by atoms with van der Waals surface area (Å²) in [4.78, 5) is 12.4. The third-order valence-corrected chi connectivity index (χ3v) is 4.05. The summed E-state index contributed by atoms with van der Waals surface area (Å²) in [6.07, 6.45) is 0. The molecule has 2 aromatic rings. The minimum atomic E-state index is -0.394. The van der Waals surface area contributed by atoms with Gasteiger partial charge in [-0.3, -0.25) is 4.79 Å². The number of carbonyl (C=O) groups excluding carboxylic acids is 1. The maximum atomic E-state index is 13.2. The van der Waals surface area contributed by atoms with Crippen molar-refractivity contribution in [1.29, 1.82) is 0 Å². The Labute approximate surface area is 127 Å². The molecule has 0 amide bonds. The van der Waals surface area contributed by atoms with Gasteiger partial charge in [-0.15, -0.1) is 0 Å². The number of carbonyl (C=O) groups is 1. The van der Waals surface area contributed by atoms with Crippen LogP contribution >= 0.6 is 38.5 Å². The molecular formula is C14H9BrFIO. The van der Waals surface area contributed by atoms with E-state index in [4.69, 9.17) is 0 Å². The summed E-state index contributed by atoms with van der Waals surface area (Å²) in [5.41, 5.74) is 1.77. The molecular weight excluding hydrogens is 410 g/mol. The Kier molecular flexibility index (Phi) is 4.17. The van der Waals surface area contributed by atoms with Crippen molar-refractivity contribution in [3.8, 4) is 0 Å². The maximum Gasteiger partial charge on any atom is 0.194 e. The van der Waals surface area contributed by atoms with Gasteiger partial charge in [0.2, 0.25) is 0 Å². The van der Waals surface area contributed by atoms with Gasteiger partial charge in [-0.05, 0) is 65.4 Å². The zero-order valence-corrected chi connectivity index (χ0v) is 13.2. The lowest BCUT2D eigenvalue weighted by atomic mass is 9.99. The molecule has 0 bridgehead atoms.